The van der Waals surface area contributed by atoms with Crippen molar-refractivity contribution in [1.29, 1.82) is 0 Å². The van der Waals surface area contributed by atoms with Crippen molar-refractivity contribution in [3.05, 3.63) is 71.8 Å². The topological polar surface area (TPSA) is 64.1 Å². The first-order valence-corrected chi connectivity index (χ1v) is 8.15. The van der Waals surface area contributed by atoms with Crippen molar-refractivity contribution in [1.82, 2.24) is 6.15 Å². The van der Waals surface area contributed by atoms with Crippen LogP contribution in [0.25, 0.3) is 0 Å². The lowest BCUT2D eigenvalue weighted by Gasteiger charge is -2.31. The Labute approximate surface area is 168 Å². The van der Waals surface area contributed by atoms with Crippen LogP contribution < -0.4 is 45.8 Å². The smallest absolute Gasteiger partial charge is 0.0803 e. The van der Waals surface area contributed by atoms with E-state index in [1.54, 1.807) is 0 Å². The van der Waals surface area contributed by atoms with Gasteiger partial charge in [-0.05, 0) is 30.4 Å². The van der Waals surface area contributed by atoms with Crippen molar-refractivity contribution >= 4 is 0 Å². The zero-order valence-electron chi connectivity index (χ0n) is 15.0. The van der Waals surface area contributed by atoms with Crippen LogP contribution in [0.15, 0.2) is 60.7 Å². The summed E-state index contributed by atoms with van der Waals surface area (Å²) in [5, 5.41) is 0. The highest BCUT2D eigenvalue weighted by Gasteiger charge is 2.30. The average Bonchev–Trinajstić information content (AvgIpc) is 2.54. The monoisotopic (exact) mass is 458 g/mol. The van der Waals surface area contributed by atoms with Crippen molar-refractivity contribution in [2.24, 2.45) is 5.41 Å². The summed E-state index contributed by atoms with van der Waals surface area (Å²) in [4.78, 5) is 0. The van der Waals surface area contributed by atoms with Gasteiger partial charge in [0.05, 0.1) is 6.54 Å². The molecule has 0 unspecified atom stereocenters. The fraction of sp³-hybridized carbons (Fsp3) is 0.400. The Morgan fingerprint density at radius 3 is 1.54 bits per heavy atom. The van der Waals surface area contributed by atoms with Crippen LogP contribution >= 0.6 is 0 Å². The molecule has 0 aliphatic rings. The molecule has 0 saturated carbocycles. The van der Waals surface area contributed by atoms with E-state index in [2.05, 4.69) is 73.3 Å². The van der Waals surface area contributed by atoms with Gasteiger partial charge in [-0.2, -0.15) is 0 Å². The van der Waals surface area contributed by atoms with Crippen LogP contribution in [0, 0.1) is 5.41 Å². The summed E-state index contributed by atoms with van der Waals surface area (Å²) < 4.78 is 0. The molecule has 2 aromatic carbocycles. The summed E-state index contributed by atoms with van der Waals surface area (Å²) >= 11 is 0. The van der Waals surface area contributed by atoms with E-state index in [0.717, 1.165) is 19.4 Å². The Morgan fingerprint density at radius 2 is 1.21 bits per heavy atom. The van der Waals surface area contributed by atoms with E-state index in [1.807, 2.05) is 0 Å². The lowest BCUT2D eigenvalue weighted by Crippen LogP contribution is -3.00. The van der Waals surface area contributed by atoms with Crippen molar-refractivity contribution in [2.75, 3.05) is 6.54 Å². The number of unbranched alkanes of at least 4 members (excludes halogenated alkanes) is 1. The lowest BCUT2D eigenvalue weighted by molar-refractivity contribution is -0.393. The van der Waals surface area contributed by atoms with Crippen LogP contribution in [-0.4, -0.2) is 6.54 Å². The highest BCUT2D eigenvalue weighted by Crippen LogP contribution is 2.32. The summed E-state index contributed by atoms with van der Waals surface area (Å²) in [5.41, 5.74) is 7.47. The minimum Gasteiger partial charge on any atom is -1.00 e. The van der Waals surface area contributed by atoms with E-state index >= 15 is 0 Å². The summed E-state index contributed by atoms with van der Waals surface area (Å²) in [6, 6.07) is 21.8. The predicted octanol–water partition coefficient (Wildman–Crippen LogP) is -1.73. The van der Waals surface area contributed by atoms with Crippen molar-refractivity contribution < 1.29 is 39.7 Å². The van der Waals surface area contributed by atoms with E-state index in [9.17, 15) is 0 Å². The van der Waals surface area contributed by atoms with Crippen LogP contribution in [0.3, 0.4) is 0 Å². The second-order valence-corrected chi connectivity index (χ2v) is 6.18. The van der Waals surface area contributed by atoms with Crippen LogP contribution in [-0.2, 0) is 12.8 Å². The first kappa shape index (κ1) is 25.6. The maximum atomic E-state index is 4.30. The summed E-state index contributed by atoms with van der Waals surface area (Å²) in [6.45, 7) is 3.27. The highest BCUT2D eigenvalue weighted by molar-refractivity contribution is 5.20. The molecule has 0 aliphatic heterocycles. The van der Waals surface area contributed by atoms with Gasteiger partial charge in [0.25, 0.3) is 0 Å². The second kappa shape index (κ2) is 13.6. The maximum Gasteiger partial charge on any atom is 0.0803 e. The zero-order valence-corrected chi connectivity index (χ0v) is 18.2. The fourth-order valence-electron chi connectivity index (χ4n) is 3.15. The third-order valence-corrected chi connectivity index (χ3v) is 4.43. The number of halogens is 2. The summed E-state index contributed by atoms with van der Waals surface area (Å²) in [7, 11) is 0. The van der Waals surface area contributed by atoms with Crippen LogP contribution in [0.4, 0.5) is 0 Å². The standard InChI is InChI=1S/C20H27N.2BrH.H3N/c1-2-3-14-20(17-21,15-18-10-6-4-7-11-18)16-19-12-8-5-9-13-19;;;/h4-13H,2-3,14-17,21H2,1H3;2*1H;1H3. The normalized spacial score (nSPS) is 10.1. The van der Waals surface area contributed by atoms with Crippen molar-refractivity contribution in [3.8, 4) is 0 Å². The van der Waals surface area contributed by atoms with Crippen LogP contribution in [0.2, 0.25) is 0 Å². The summed E-state index contributed by atoms with van der Waals surface area (Å²) in [5.74, 6) is 0. The molecule has 136 valence electrons. The molecule has 0 radical (unpaired) electrons. The van der Waals surface area contributed by atoms with Gasteiger partial charge in [0.15, 0.2) is 0 Å². The quantitative estimate of drug-likeness (QED) is 0.471. The van der Waals surface area contributed by atoms with Crippen LogP contribution in [0.5, 0.6) is 0 Å². The third kappa shape index (κ3) is 7.93. The first-order valence-electron chi connectivity index (χ1n) is 8.15. The molecular weight excluding hydrogens is 428 g/mol. The minimum absolute atomic E-state index is 0. The van der Waals surface area contributed by atoms with E-state index in [4.69, 9.17) is 0 Å². The van der Waals surface area contributed by atoms with Gasteiger partial charge in [-0.1, -0.05) is 80.4 Å². The van der Waals surface area contributed by atoms with E-state index in [1.165, 1.54) is 30.4 Å². The lowest BCUT2D eigenvalue weighted by atomic mass is 9.73. The highest BCUT2D eigenvalue weighted by atomic mass is 79.9. The third-order valence-electron chi connectivity index (χ3n) is 4.43. The average molecular weight is 460 g/mol. The van der Waals surface area contributed by atoms with Crippen molar-refractivity contribution in [3.63, 3.8) is 0 Å². The molecule has 2 aromatic rings. The Kier molecular flexibility index (Phi) is 14.5. The molecule has 0 heterocycles. The molecule has 0 amide bonds. The van der Waals surface area contributed by atoms with Gasteiger partial charge in [-0.3, -0.25) is 0 Å². The second-order valence-electron chi connectivity index (χ2n) is 6.18. The van der Waals surface area contributed by atoms with Crippen molar-refractivity contribution in [2.45, 2.75) is 39.0 Å². The molecule has 0 atom stereocenters. The molecule has 0 spiro atoms. The number of rotatable bonds is 8. The van der Waals surface area contributed by atoms with Gasteiger partial charge in [0, 0.05) is 5.41 Å². The molecule has 24 heavy (non-hydrogen) atoms. The predicted molar refractivity (Wildman–Crippen MR) is 96.0 cm³/mol. The molecule has 2 nitrogen and oxygen atoms in total. The molecular formula is C20H32Br2N2. The van der Waals surface area contributed by atoms with E-state index in [-0.39, 0.29) is 40.1 Å². The van der Waals surface area contributed by atoms with E-state index < -0.39 is 0 Å². The Morgan fingerprint density at radius 1 is 0.792 bits per heavy atom. The molecule has 0 aliphatic carbocycles. The van der Waals surface area contributed by atoms with Crippen LogP contribution in [0.1, 0.15) is 37.3 Å². The van der Waals surface area contributed by atoms with Gasteiger partial charge in [-0.25, -0.2) is 0 Å². The van der Waals surface area contributed by atoms with Gasteiger partial charge in [-0.15, -0.1) is 0 Å². The molecule has 0 aromatic heterocycles. The Balaban J connectivity index is 0. The van der Waals surface area contributed by atoms with E-state index in [0.29, 0.717) is 5.41 Å². The Hall–Kier alpha value is -0.680. The number of quaternary nitrogens is 2. The largest absolute Gasteiger partial charge is 1.00 e. The van der Waals surface area contributed by atoms with Gasteiger partial charge >= 0.3 is 0 Å². The molecule has 0 fully saturated rings. The maximum absolute atomic E-state index is 4.30. The SMILES string of the molecule is CCCCC(C[NH3+])(Cc1ccccc1)Cc1ccccc1.[Br-].[Br-].[NH4+]. The molecule has 2 rings (SSSR count). The summed E-state index contributed by atoms with van der Waals surface area (Å²) in [6.07, 6.45) is 6.07. The number of hydrogen-bond acceptors (Lipinski definition) is 0. The zero-order chi connectivity index (χ0) is 15.0. The number of hydrogen-bond donors (Lipinski definition) is 2. The van der Waals surface area contributed by atoms with Gasteiger partial charge in [0.1, 0.15) is 0 Å². The molecule has 7 N–H and O–H groups in total. The molecule has 4 heteroatoms. The first-order chi connectivity index (χ1) is 10.3. The number of benzene rings is 2. The van der Waals surface area contributed by atoms with Gasteiger partial charge < -0.3 is 45.8 Å². The minimum atomic E-state index is 0. The fourth-order valence-corrected chi connectivity index (χ4v) is 3.15. The Bertz CT molecular complexity index is 476. The molecule has 0 bridgehead atoms. The van der Waals surface area contributed by atoms with Gasteiger partial charge in [0.2, 0.25) is 0 Å². The molecule has 0 saturated heterocycles.